The minimum atomic E-state index is -0.470. The number of oxazole rings is 1. The van der Waals surface area contributed by atoms with E-state index in [-0.39, 0.29) is 23.3 Å². The predicted molar refractivity (Wildman–Crippen MR) is 79.6 cm³/mol. The number of nitrogens with one attached hydrogen (secondary N) is 1. The molecule has 1 unspecified atom stereocenters. The van der Waals surface area contributed by atoms with Crippen molar-refractivity contribution < 1.29 is 9.34 Å². The lowest BCUT2D eigenvalue weighted by atomic mass is 10.3. The van der Waals surface area contributed by atoms with Crippen molar-refractivity contribution in [2.45, 2.75) is 19.9 Å². The fourth-order valence-electron chi connectivity index (χ4n) is 1.96. The Morgan fingerprint density at radius 1 is 1.48 bits per heavy atom. The van der Waals surface area contributed by atoms with Crippen molar-refractivity contribution in [2.24, 2.45) is 0 Å². The number of nitro groups is 1. The van der Waals surface area contributed by atoms with E-state index in [9.17, 15) is 10.1 Å². The molecule has 1 aromatic carbocycles. The molecule has 3 aromatic rings. The smallest absolute Gasteiger partial charge is 0.298 e. The van der Waals surface area contributed by atoms with Crippen LogP contribution in [0.5, 0.6) is 0 Å². The molecule has 7 nitrogen and oxygen atoms in total. The molecule has 0 radical (unpaired) electrons. The van der Waals surface area contributed by atoms with Gasteiger partial charge < -0.3 is 9.73 Å². The molecule has 2 aromatic heterocycles. The van der Waals surface area contributed by atoms with Crippen molar-refractivity contribution >= 4 is 34.1 Å². The van der Waals surface area contributed by atoms with Crippen molar-refractivity contribution in [3.05, 3.63) is 44.4 Å². The quantitative estimate of drug-likeness (QED) is 0.583. The minimum Gasteiger partial charge on any atom is -0.423 e. The maximum Gasteiger partial charge on any atom is 0.298 e. The van der Waals surface area contributed by atoms with Gasteiger partial charge in [0.1, 0.15) is 5.01 Å². The van der Waals surface area contributed by atoms with Crippen molar-refractivity contribution in [3.63, 3.8) is 0 Å². The number of nitro benzene ring substituents is 1. The number of benzene rings is 1. The van der Waals surface area contributed by atoms with Crippen molar-refractivity contribution in [2.75, 3.05) is 5.32 Å². The van der Waals surface area contributed by atoms with Gasteiger partial charge in [-0.2, -0.15) is 4.98 Å². The fraction of sp³-hybridized carbons (Fsp3) is 0.231. The van der Waals surface area contributed by atoms with E-state index in [1.165, 1.54) is 6.07 Å². The highest BCUT2D eigenvalue weighted by Crippen LogP contribution is 2.29. The second kappa shape index (κ2) is 5.13. The second-order valence-electron chi connectivity index (χ2n) is 4.58. The van der Waals surface area contributed by atoms with Gasteiger partial charge in [-0.3, -0.25) is 10.1 Å². The van der Waals surface area contributed by atoms with E-state index in [2.05, 4.69) is 15.3 Å². The van der Waals surface area contributed by atoms with Gasteiger partial charge in [-0.15, -0.1) is 11.3 Å². The maximum absolute atomic E-state index is 11.0. The van der Waals surface area contributed by atoms with E-state index in [4.69, 9.17) is 4.42 Å². The third kappa shape index (κ3) is 2.57. The molecule has 0 aliphatic carbocycles. The molecule has 8 heteroatoms. The lowest BCUT2D eigenvalue weighted by Crippen LogP contribution is -2.06. The van der Waals surface area contributed by atoms with Crippen LogP contribution in [0.25, 0.3) is 11.1 Å². The van der Waals surface area contributed by atoms with E-state index < -0.39 is 4.92 Å². The summed E-state index contributed by atoms with van der Waals surface area (Å²) in [4.78, 5) is 20.1. The summed E-state index contributed by atoms with van der Waals surface area (Å²) in [7, 11) is 0. The molecule has 1 atom stereocenters. The number of aromatic nitrogens is 2. The van der Waals surface area contributed by atoms with Crippen molar-refractivity contribution in [1.29, 1.82) is 0 Å². The van der Waals surface area contributed by atoms with Gasteiger partial charge in [0.25, 0.3) is 11.7 Å². The molecule has 0 bridgehead atoms. The molecule has 0 saturated carbocycles. The largest absolute Gasteiger partial charge is 0.423 e. The highest BCUT2D eigenvalue weighted by atomic mass is 32.1. The van der Waals surface area contributed by atoms with Crippen LogP contribution in [0.4, 0.5) is 11.7 Å². The highest BCUT2D eigenvalue weighted by molar-refractivity contribution is 7.11. The lowest BCUT2D eigenvalue weighted by molar-refractivity contribution is -0.383. The number of para-hydroxylation sites is 1. The normalized spacial score (nSPS) is 12.5. The molecule has 0 spiro atoms. The zero-order valence-electron chi connectivity index (χ0n) is 11.4. The Morgan fingerprint density at radius 3 is 2.95 bits per heavy atom. The number of rotatable bonds is 4. The molecule has 21 heavy (non-hydrogen) atoms. The summed E-state index contributed by atoms with van der Waals surface area (Å²) >= 11 is 1.58. The summed E-state index contributed by atoms with van der Waals surface area (Å²) in [5, 5.41) is 14.9. The summed E-state index contributed by atoms with van der Waals surface area (Å²) in [5.74, 6) is 0. The van der Waals surface area contributed by atoms with Gasteiger partial charge in [-0.1, -0.05) is 6.07 Å². The summed E-state index contributed by atoms with van der Waals surface area (Å²) in [6.07, 6.45) is 1.80. The van der Waals surface area contributed by atoms with Crippen LogP contribution in [0.1, 0.15) is 22.9 Å². The summed E-state index contributed by atoms with van der Waals surface area (Å²) in [6, 6.07) is 4.79. The number of fused-ring (bicyclic) bond motifs is 1. The molecule has 1 N–H and O–H groups in total. The van der Waals surface area contributed by atoms with E-state index in [1.54, 1.807) is 29.7 Å². The second-order valence-corrected chi connectivity index (χ2v) is 5.84. The van der Waals surface area contributed by atoms with Crippen molar-refractivity contribution in [3.8, 4) is 0 Å². The fourth-order valence-corrected chi connectivity index (χ4v) is 2.74. The molecular formula is C13H12N4O3S. The van der Waals surface area contributed by atoms with Crippen molar-refractivity contribution in [1.82, 2.24) is 9.97 Å². The Balaban J connectivity index is 1.91. The van der Waals surface area contributed by atoms with E-state index in [1.807, 2.05) is 13.8 Å². The van der Waals surface area contributed by atoms with Gasteiger partial charge in [0, 0.05) is 17.1 Å². The first-order valence-electron chi connectivity index (χ1n) is 6.27. The molecule has 0 fully saturated rings. The third-order valence-corrected chi connectivity index (χ3v) is 4.04. The highest BCUT2D eigenvalue weighted by Gasteiger charge is 2.19. The SMILES string of the molecule is Cc1cnc(C(C)Nc2nc3c([N+](=O)[O-])cccc3o2)s1. The zero-order chi connectivity index (χ0) is 15.0. The van der Waals surface area contributed by atoms with Crippen LogP contribution in [0, 0.1) is 17.0 Å². The molecule has 2 heterocycles. The molecule has 108 valence electrons. The monoisotopic (exact) mass is 304 g/mol. The summed E-state index contributed by atoms with van der Waals surface area (Å²) in [5.41, 5.74) is 0.559. The molecule has 0 aliphatic heterocycles. The van der Waals surface area contributed by atoms with Gasteiger partial charge in [0.15, 0.2) is 11.1 Å². The average molecular weight is 304 g/mol. The number of hydrogen-bond acceptors (Lipinski definition) is 7. The van der Waals surface area contributed by atoms with Gasteiger partial charge in [-0.05, 0) is 19.9 Å². The topological polar surface area (TPSA) is 94.1 Å². The van der Waals surface area contributed by atoms with Crippen LogP contribution in [-0.4, -0.2) is 14.9 Å². The van der Waals surface area contributed by atoms with Crippen LogP contribution in [0.2, 0.25) is 0 Å². The molecule has 0 amide bonds. The first-order valence-corrected chi connectivity index (χ1v) is 7.09. The number of aryl methyl sites for hydroxylation is 1. The van der Waals surface area contributed by atoms with E-state index in [0.717, 1.165) is 9.88 Å². The Bertz CT molecular complexity index is 811. The predicted octanol–water partition coefficient (Wildman–Crippen LogP) is 3.67. The summed E-state index contributed by atoms with van der Waals surface area (Å²) in [6.45, 7) is 3.91. The average Bonchev–Trinajstić information content (AvgIpc) is 3.03. The van der Waals surface area contributed by atoms with E-state index >= 15 is 0 Å². The van der Waals surface area contributed by atoms with Gasteiger partial charge in [0.2, 0.25) is 0 Å². The first kappa shape index (κ1) is 13.5. The number of hydrogen-bond donors (Lipinski definition) is 1. The van der Waals surface area contributed by atoms with Crippen LogP contribution in [0.3, 0.4) is 0 Å². The van der Waals surface area contributed by atoms with Crippen LogP contribution < -0.4 is 5.32 Å². The number of anilines is 1. The summed E-state index contributed by atoms with van der Waals surface area (Å²) < 4.78 is 5.51. The number of thiazole rings is 1. The Hall–Kier alpha value is -2.48. The van der Waals surface area contributed by atoms with Gasteiger partial charge in [0.05, 0.1) is 11.0 Å². The number of nitrogens with zero attached hydrogens (tertiary/aromatic N) is 3. The Kier molecular flexibility index (Phi) is 3.30. The minimum absolute atomic E-state index is 0.0675. The van der Waals surface area contributed by atoms with Crippen LogP contribution in [0.15, 0.2) is 28.8 Å². The van der Waals surface area contributed by atoms with E-state index in [0.29, 0.717) is 5.58 Å². The van der Waals surface area contributed by atoms with Crippen LogP contribution >= 0.6 is 11.3 Å². The lowest BCUT2D eigenvalue weighted by Gasteiger charge is -2.07. The number of non-ortho nitro benzene ring substituents is 1. The maximum atomic E-state index is 11.0. The van der Waals surface area contributed by atoms with Gasteiger partial charge in [-0.25, -0.2) is 4.98 Å². The zero-order valence-corrected chi connectivity index (χ0v) is 12.2. The van der Waals surface area contributed by atoms with Gasteiger partial charge >= 0.3 is 0 Å². The first-order chi connectivity index (χ1) is 10.0. The standard InChI is InChI=1S/C13H12N4O3S/c1-7-6-14-12(21-7)8(2)15-13-16-11-9(17(18)19)4-3-5-10(11)20-13/h3-6,8H,1-2H3,(H,15,16). The Morgan fingerprint density at radius 2 is 2.29 bits per heavy atom. The molecule has 3 rings (SSSR count). The van der Waals surface area contributed by atoms with Crippen LogP contribution in [-0.2, 0) is 0 Å². The Labute approximate surface area is 123 Å². The molecular weight excluding hydrogens is 292 g/mol. The third-order valence-electron chi connectivity index (χ3n) is 2.94. The molecule has 0 aliphatic rings. The molecule has 0 saturated heterocycles.